The van der Waals surface area contributed by atoms with Crippen LogP contribution in [-0.2, 0) is 9.59 Å². The Labute approximate surface area is 118 Å². The largest absolute Gasteiger partial charge is 0.481 e. The first-order chi connectivity index (χ1) is 9.49. The van der Waals surface area contributed by atoms with Crippen molar-refractivity contribution < 1.29 is 14.7 Å². The minimum Gasteiger partial charge on any atom is -0.481 e. The Morgan fingerprint density at radius 3 is 2.80 bits per heavy atom. The molecular formula is C11H10ClN5O3. The summed E-state index contributed by atoms with van der Waals surface area (Å²) in [5.41, 5.74) is 0.871. The smallest absolute Gasteiger partial charge is 0.315 e. The molecule has 0 fully saturated rings. The van der Waals surface area contributed by atoms with E-state index in [4.69, 9.17) is 16.7 Å². The molecule has 0 bridgehead atoms. The highest BCUT2D eigenvalue weighted by atomic mass is 35.5. The van der Waals surface area contributed by atoms with Crippen molar-refractivity contribution in [3.05, 3.63) is 29.5 Å². The number of aliphatic carboxylic acids is 1. The molecule has 2 rings (SSSR count). The van der Waals surface area contributed by atoms with Crippen molar-refractivity contribution in [2.75, 3.05) is 5.32 Å². The normalized spacial score (nSPS) is 11.9. The Morgan fingerprint density at radius 2 is 2.20 bits per heavy atom. The molecule has 9 heteroatoms. The number of carbonyl (C=O) groups excluding carboxylic acids is 1. The van der Waals surface area contributed by atoms with Gasteiger partial charge >= 0.3 is 5.97 Å². The molecule has 8 nitrogen and oxygen atoms in total. The Kier molecular flexibility index (Phi) is 3.94. The van der Waals surface area contributed by atoms with Crippen LogP contribution in [0.1, 0.15) is 6.92 Å². The molecule has 0 spiro atoms. The average Bonchev–Trinajstić information content (AvgIpc) is 2.94. The Morgan fingerprint density at radius 1 is 1.45 bits per heavy atom. The quantitative estimate of drug-likeness (QED) is 0.813. The van der Waals surface area contributed by atoms with Gasteiger partial charge in [-0.25, -0.2) is 4.68 Å². The molecule has 0 saturated heterocycles. The predicted octanol–water partition coefficient (Wildman–Crippen LogP) is 0.975. The number of benzene rings is 1. The zero-order valence-electron chi connectivity index (χ0n) is 10.3. The van der Waals surface area contributed by atoms with Crippen LogP contribution in [0.2, 0.25) is 5.02 Å². The zero-order valence-corrected chi connectivity index (χ0v) is 11.1. The fourth-order valence-electron chi connectivity index (χ4n) is 1.38. The van der Waals surface area contributed by atoms with E-state index in [1.807, 2.05) is 0 Å². The number of carboxylic acid groups (broad SMARTS) is 1. The molecule has 1 heterocycles. The topological polar surface area (TPSA) is 110 Å². The third kappa shape index (κ3) is 2.91. The van der Waals surface area contributed by atoms with Crippen LogP contribution in [0.25, 0.3) is 5.69 Å². The van der Waals surface area contributed by atoms with Crippen molar-refractivity contribution in [3.63, 3.8) is 0 Å². The number of carboxylic acids is 1. The number of tetrazole rings is 1. The lowest BCUT2D eigenvalue weighted by Crippen LogP contribution is -2.27. The number of nitrogens with one attached hydrogen (secondary N) is 1. The Hall–Kier alpha value is -2.48. The van der Waals surface area contributed by atoms with Crippen molar-refractivity contribution >= 4 is 29.2 Å². The molecule has 1 atom stereocenters. The molecule has 1 aromatic carbocycles. The molecule has 0 saturated carbocycles. The SMILES string of the molecule is CC(C(=O)O)C(=O)Nc1cc(-n2cnnn2)ccc1Cl. The molecule has 1 aromatic heterocycles. The number of nitrogens with zero attached hydrogens (tertiary/aromatic N) is 4. The minimum absolute atomic E-state index is 0.285. The maximum Gasteiger partial charge on any atom is 0.315 e. The molecule has 0 aliphatic carbocycles. The van der Waals surface area contributed by atoms with Crippen LogP contribution in [-0.4, -0.2) is 37.2 Å². The molecule has 2 aromatic rings. The van der Waals surface area contributed by atoms with E-state index in [2.05, 4.69) is 20.8 Å². The Balaban J connectivity index is 2.26. The molecule has 0 radical (unpaired) electrons. The number of amides is 1. The van der Waals surface area contributed by atoms with Gasteiger partial charge in [-0.05, 0) is 35.5 Å². The maximum atomic E-state index is 11.7. The second-order valence-corrected chi connectivity index (χ2v) is 4.37. The number of anilines is 1. The first kappa shape index (κ1) is 13.9. The van der Waals surface area contributed by atoms with E-state index >= 15 is 0 Å². The lowest BCUT2D eigenvalue weighted by Gasteiger charge is -2.11. The standard InChI is InChI=1S/C11H10ClN5O3/c1-6(11(19)20)10(18)14-9-4-7(2-3-8(9)12)17-5-13-15-16-17/h2-6H,1H3,(H,14,18)(H,19,20). The van der Waals surface area contributed by atoms with Crippen molar-refractivity contribution in [2.24, 2.45) is 5.92 Å². The van der Waals surface area contributed by atoms with Gasteiger partial charge in [-0.1, -0.05) is 11.6 Å². The van der Waals surface area contributed by atoms with Gasteiger partial charge in [0.2, 0.25) is 5.91 Å². The van der Waals surface area contributed by atoms with E-state index in [9.17, 15) is 9.59 Å². The van der Waals surface area contributed by atoms with E-state index in [0.717, 1.165) is 0 Å². The highest BCUT2D eigenvalue weighted by Gasteiger charge is 2.21. The lowest BCUT2D eigenvalue weighted by molar-refractivity contribution is -0.144. The summed E-state index contributed by atoms with van der Waals surface area (Å²) in [6.07, 6.45) is 1.38. The van der Waals surface area contributed by atoms with E-state index < -0.39 is 17.8 Å². The van der Waals surface area contributed by atoms with Crippen LogP contribution in [0.4, 0.5) is 5.69 Å². The van der Waals surface area contributed by atoms with Gasteiger partial charge in [-0.15, -0.1) is 5.10 Å². The second-order valence-electron chi connectivity index (χ2n) is 3.97. The summed E-state index contributed by atoms with van der Waals surface area (Å²) in [5, 5.41) is 22.2. The van der Waals surface area contributed by atoms with Crippen LogP contribution in [0.5, 0.6) is 0 Å². The fraction of sp³-hybridized carbons (Fsp3) is 0.182. The van der Waals surface area contributed by atoms with Gasteiger partial charge in [0.25, 0.3) is 0 Å². The van der Waals surface area contributed by atoms with Gasteiger partial charge in [0.05, 0.1) is 16.4 Å². The summed E-state index contributed by atoms with van der Waals surface area (Å²) < 4.78 is 1.38. The van der Waals surface area contributed by atoms with Crippen LogP contribution >= 0.6 is 11.6 Å². The number of aromatic nitrogens is 4. The van der Waals surface area contributed by atoms with Gasteiger partial charge in [0, 0.05) is 0 Å². The van der Waals surface area contributed by atoms with Gasteiger partial charge < -0.3 is 10.4 Å². The van der Waals surface area contributed by atoms with Crippen LogP contribution in [0.15, 0.2) is 24.5 Å². The monoisotopic (exact) mass is 295 g/mol. The van der Waals surface area contributed by atoms with Crippen molar-refractivity contribution in [1.29, 1.82) is 0 Å². The summed E-state index contributed by atoms with van der Waals surface area (Å²) in [6.45, 7) is 1.29. The summed E-state index contributed by atoms with van der Waals surface area (Å²) in [7, 11) is 0. The minimum atomic E-state index is -1.21. The first-order valence-electron chi connectivity index (χ1n) is 5.55. The second kappa shape index (κ2) is 5.66. The summed E-state index contributed by atoms with van der Waals surface area (Å²) in [5.74, 6) is -3.05. The first-order valence-corrected chi connectivity index (χ1v) is 5.93. The average molecular weight is 296 g/mol. The van der Waals surface area contributed by atoms with E-state index in [0.29, 0.717) is 5.69 Å². The van der Waals surface area contributed by atoms with Crippen molar-refractivity contribution in [1.82, 2.24) is 20.2 Å². The molecule has 104 valence electrons. The molecule has 1 unspecified atom stereocenters. The van der Waals surface area contributed by atoms with Gasteiger partial charge in [0.1, 0.15) is 12.2 Å². The van der Waals surface area contributed by atoms with E-state index in [1.54, 1.807) is 18.2 Å². The highest BCUT2D eigenvalue weighted by Crippen LogP contribution is 2.25. The number of carbonyl (C=O) groups is 2. The summed E-state index contributed by atoms with van der Waals surface area (Å²) in [4.78, 5) is 22.5. The number of rotatable bonds is 4. The molecule has 20 heavy (non-hydrogen) atoms. The molecule has 1 amide bonds. The highest BCUT2D eigenvalue weighted by molar-refractivity contribution is 6.33. The number of hydrogen-bond acceptors (Lipinski definition) is 5. The fourth-order valence-corrected chi connectivity index (χ4v) is 1.55. The van der Waals surface area contributed by atoms with Crippen LogP contribution < -0.4 is 5.32 Å². The maximum absolute atomic E-state index is 11.7. The summed E-state index contributed by atoms with van der Waals surface area (Å²) >= 11 is 5.96. The van der Waals surface area contributed by atoms with Gasteiger partial charge in [0.15, 0.2) is 0 Å². The van der Waals surface area contributed by atoms with E-state index in [1.165, 1.54) is 17.9 Å². The van der Waals surface area contributed by atoms with Crippen LogP contribution in [0.3, 0.4) is 0 Å². The lowest BCUT2D eigenvalue weighted by atomic mass is 10.1. The molecular weight excluding hydrogens is 286 g/mol. The molecule has 0 aliphatic rings. The summed E-state index contributed by atoms with van der Waals surface area (Å²) in [6, 6.07) is 4.76. The van der Waals surface area contributed by atoms with Gasteiger partial charge in [-0.3, -0.25) is 9.59 Å². The van der Waals surface area contributed by atoms with Gasteiger partial charge in [-0.2, -0.15) is 0 Å². The van der Waals surface area contributed by atoms with E-state index in [-0.39, 0.29) is 10.7 Å². The number of halogens is 1. The predicted molar refractivity (Wildman–Crippen MR) is 69.6 cm³/mol. The Bertz CT molecular complexity index is 644. The molecule has 2 N–H and O–H groups in total. The molecule has 0 aliphatic heterocycles. The number of hydrogen-bond donors (Lipinski definition) is 2. The van der Waals surface area contributed by atoms with Crippen molar-refractivity contribution in [2.45, 2.75) is 6.92 Å². The van der Waals surface area contributed by atoms with Crippen LogP contribution in [0, 0.1) is 5.92 Å². The zero-order chi connectivity index (χ0) is 14.7. The third-order valence-electron chi connectivity index (χ3n) is 2.59. The van der Waals surface area contributed by atoms with Crippen molar-refractivity contribution in [3.8, 4) is 5.69 Å². The third-order valence-corrected chi connectivity index (χ3v) is 2.91.